The van der Waals surface area contributed by atoms with Gasteiger partial charge in [-0.05, 0) is 24.3 Å². The van der Waals surface area contributed by atoms with E-state index < -0.39 is 17.2 Å². The van der Waals surface area contributed by atoms with E-state index in [-0.39, 0.29) is 18.2 Å². The second-order valence-electron chi connectivity index (χ2n) is 4.73. The van der Waals surface area contributed by atoms with E-state index in [1.54, 1.807) is 0 Å². The number of aromatic nitrogens is 2. The molecule has 1 aliphatic carbocycles. The van der Waals surface area contributed by atoms with Crippen molar-refractivity contribution in [3.63, 3.8) is 0 Å². The summed E-state index contributed by atoms with van der Waals surface area (Å²) < 4.78 is 1.05. The lowest BCUT2D eigenvalue weighted by Crippen LogP contribution is -2.41. The van der Waals surface area contributed by atoms with Crippen LogP contribution in [-0.4, -0.2) is 21.5 Å². The van der Waals surface area contributed by atoms with Crippen LogP contribution in [0.1, 0.15) is 28.1 Å². The van der Waals surface area contributed by atoms with Crippen LogP contribution in [0.4, 0.5) is 0 Å². The van der Waals surface area contributed by atoms with E-state index in [2.05, 4.69) is 10.3 Å². The van der Waals surface area contributed by atoms with Gasteiger partial charge in [0.1, 0.15) is 5.56 Å². The molecule has 1 fully saturated rings. The summed E-state index contributed by atoms with van der Waals surface area (Å²) in [6, 6.07) is 3.86. The van der Waals surface area contributed by atoms with Crippen LogP contribution >= 0.6 is 11.3 Å². The molecule has 1 aliphatic rings. The third-order valence-corrected chi connectivity index (χ3v) is 3.97. The molecule has 104 valence electrons. The molecule has 1 saturated carbocycles. The molecule has 0 aromatic carbocycles. The Morgan fingerprint density at radius 2 is 2.25 bits per heavy atom. The van der Waals surface area contributed by atoms with Crippen molar-refractivity contribution in [1.82, 2.24) is 14.9 Å². The molecule has 0 bridgehead atoms. The summed E-state index contributed by atoms with van der Waals surface area (Å²) in [5.41, 5.74) is -1.08. The third-order valence-electron chi connectivity index (χ3n) is 3.11. The topological polar surface area (TPSA) is 84.0 Å². The maximum Gasteiger partial charge on any atom is 0.328 e. The van der Waals surface area contributed by atoms with Crippen molar-refractivity contribution < 1.29 is 4.79 Å². The number of rotatable bonds is 4. The molecule has 2 heterocycles. The van der Waals surface area contributed by atoms with Crippen LogP contribution in [0, 0.1) is 0 Å². The molecule has 0 radical (unpaired) electrons. The number of hydrogen-bond acceptors (Lipinski definition) is 4. The van der Waals surface area contributed by atoms with Crippen LogP contribution in [0.2, 0.25) is 0 Å². The number of hydrogen-bond donors (Lipinski definition) is 2. The maximum atomic E-state index is 12.2. The highest BCUT2D eigenvalue weighted by Gasteiger charge is 2.25. The van der Waals surface area contributed by atoms with E-state index in [9.17, 15) is 14.4 Å². The summed E-state index contributed by atoms with van der Waals surface area (Å²) in [7, 11) is 0. The first-order valence-corrected chi connectivity index (χ1v) is 7.19. The highest BCUT2D eigenvalue weighted by molar-refractivity contribution is 7.09. The molecule has 6 nitrogen and oxygen atoms in total. The Bertz CT molecular complexity index is 741. The number of nitrogens with zero attached hydrogens (tertiary/aromatic N) is 1. The second kappa shape index (κ2) is 5.09. The molecule has 20 heavy (non-hydrogen) atoms. The molecule has 0 unspecified atom stereocenters. The summed E-state index contributed by atoms with van der Waals surface area (Å²) in [6.07, 6.45) is 3.07. The van der Waals surface area contributed by atoms with Gasteiger partial charge >= 0.3 is 5.69 Å². The quantitative estimate of drug-likeness (QED) is 0.862. The first kappa shape index (κ1) is 12.9. The molecular weight excluding hydrogens is 278 g/mol. The third kappa shape index (κ3) is 2.57. The highest BCUT2D eigenvalue weighted by Crippen LogP contribution is 2.18. The van der Waals surface area contributed by atoms with Crippen molar-refractivity contribution in [1.29, 1.82) is 0 Å². The van der Waals surface area contributed by atoms with E-state index in [0.717, 1.165) is 22.3 Å². The first-order valence-electron chi connectivity index (χ1n) is 6.31. The molecule has 0 aliphatic heterocycles. The summed E-state index contributed by atoms with van der Waals surface area (Å²) in [5.74, 6) is -0.423. The van der Waals surface area contributed by atoms with Gasteiger partial charge in [0, 0.05) is 17.1 Å². The van der Waals surface area contributed by atoms with Crippen LogP contribution < -0.4 is 16.6 Å². The van der Waals surface area contributed by atoms with Crippen LogP contribution in [0.5, 0.6) is 0 Å². The summed E-state index contributed by atoms with van der Waals surface area (Å²) in [6.45, 7) is 0.177. The van der Waals surface area contributed by atoms with Crippen molar-refractivity contribution >= 4 is 17.2 Å². The van der Waals surface area contributed by atoms with Crippen LogP contribution in [0.3, 0.4) is 0 Å². The molecule has 2 aromatic rings. The Morgan fingerprint density at radius 1 is 1.45 bits per heavy atom. The average molecular weight is 291 g/mol. The normalized spacial score (nSPS) is 14.2. The summed E-state index contributed by atoms with van der Waals surface area (Å²) in [4.78, 5) is 39.3. The van der Waals surface area contributed by atoms with Gasteiger partial charge in [-0.25, -0.2) is 4.79 Å². The van der Waals surface area contributed by atoms with Gasteiger partial charge in [0.25, 0.3) is 11.5 Å². The molecule has 2 aromatic heterocycles. The van der Waals surface area contributed by atoms with E-state index in [1.807, 2.05) is 17.5 Å². The van der Waals surface area contributed by atoms with Crippen LogP contribution in [0.15, 0.2) is 33.3 Å². The number of amides is 1. The number of thiophene rings is 1. The average Bonchev–Trinajstić information content (AvgIpc) is 3.07. The number of carbonyl (C=O) groups is 1. The van der Waals surface area contributed by atoms with Gasteiger partial charge in [-0.1, -0.05) is 6.07 Å². The number of aromatic amines is 1. The molecule has 3 rings (SSSR count). The standard InChI is InChI=1S/C13H13N3O3S/c17-11(15-8-3-4-8)10-6-14-13(19)16(12(10)18)7-9-2-1-5-20-9/h1-2,5-6,8H,3-4,7H2,(H,14,19)(H,15,17). The lowest BCUT2D eigenvalue weighted by molar-refractivity contribution is 0.0948. The zero-order valence-electron chi connectivity index (χ0n) is 10.6. The fourth-order valence-electron chi connectivity index (χ4n) is 1.87. The Kier molecular flexibility index (Phi) is 3.27. The van der Waals surface area contributed by atoms with E-state index in [4.69, 9.17) is 0 Å². The predicted molar refractivity (Wildman–Crippen MR) is 75.2 cm³/mol. The second-order valence-corrected chi connectivity index (χ2v) is 5.76. The fraction of sp³-hybridized carbons (Fsp3) is 0.308. The molecule has 2 N–H and O–H groups in total. The number of H-pyrrole nitrogens is 1. The van der Waals surface area contributed by atoms with Crippen molar-refractivity contribution in [3.8, 4) is 0 Å². The SMILES string of the molecule is O=C(NC1CC1)c1c[nH]c(=O)n(Cc2cccs2)c1=O. The van der Waals surface area contributed by atoms with Crippen molar-refractivity contribution in [2.24, 2.45) is 0 Å². The predicted octanol–water partition coefficient (Wildman–Crippen LogP) is 0.539. The largest absolute Gasteiger partial charge is 0.349 e. The van der Waals surface area contributed by atoms with Gasteiger partial charge < -0.3 is 10.3 Å². The van der Waals surface area contributed by atoms with Gasteiger partial charge in [0.15, 0.2) is 0 Å². The summed E-state index contributed by atoms with van der Waals surface area (Å²) >= 11 is 1.46. The minimum atomic E-state index is -0.555. The lowest BCUT2D eigenvalue weighted by atomic mass is 10.3. The van der Waals surface area contributed by atoms with Gasteiger partial charge in [-0.2, -0.15) is 0 Å². The minimum absolute atomic E-state index is 0.0203. The van der Waals surface area contributed by atoms with E-state index in [0.29, 0.717) is 0 Å². The lowest BCUT2D eigenvalue weighted by Gasteiger charge is -2.06. The Hall–Kier alpha value is -2.15. The summed E-state index contributed by atoms with van der Waals surface area (Å²) in [5, 5.41) is 4.62. The Balaban J connectivity index is 1.94. The number of carbonyl (C=O) groups excluding carboxylic acids is 1. The van der Waals surface area contributed by atoms with E-state index in [1.165, 1.54) is 17.5 Å². The van der Waals surface area contributed by atoms with Crippen LogP contribution in [0.25, 0.3) is 0 Å². The Morgan fingerprint density at radius 3 is 2.90 bits per heavy atom. The van der Waals surface area contributed by atoms with Crippen molar-refractivity contribution in [2.45, 2.75) is 25.4 Å². The van der Waals surface area contributed by atoms with Gasteiger partial charge in [0.05, 0.1) is 6.54 Å². The monoisotopic (exact) mass is 291 g/mol. The maximum absolute atomic E-state index is 12.2. The molecule has 0 atom stereocenters. The minimum Gasteiger partial charge on any atom is -0.349 e. The zero-order chi connectivity index (χ0) is 14.1. The zero-order valence-corrected chi connectivity index (χ0v) is 11.4. The van der Waals surface area contributed by atoms with Crippen LogP contribution in [-0.2, 0) is 6.54 Å². The molecule has 1 amide bonds. The molecular formula is C13H13N3O3S. The smallest absolute Gasteiger partial charge is 0.328 e. The van der Waals surface area contributed by atoms with E-state index >= 15 is 0 Å². The highest BCUT2D eigenvalue weighted by atomic mass is 32.1. The molecule has 0 spiro atoms. The first-order chi connectivity index (χ1) is 9.65. The molecule has 0 saturated heterocycles. The van der Waals surface area contributed by atoms with Gasteiger partial charge in [0.2, 0.25) is 0 Å². The fourth-order valence-corrected chi connectivity index (χ4v) is 2.56. The Labute approximate surface area is 118 Å². The number of nitrogens with one attached hydrogen (secondary N) is 2. The van der Waals surface area contributed by atoms with Gasteiger partial charge in [-0.3, -0.25) is 14.2 Å². The van der Waals surface area contributed by atoms with Gasteiger partial charge in [-0.15, -0.1) is 11.3 Å². The van der Waals surface area contributed by atoms with Crippen molar-refractivity contribution in [3.05, 3.63) is 55.0 Å². The molecule has 7 heteroatoms. The van der Waals surface area contributed by atoms with Crippen molar-refractivity contribution in [2.75, 3.05) is 0 Å².